The van der Waals surface area contributed by atoms with Crippen molar-refractivity contribution in [1.82, 2.24) is 4.98 Å². The Bertz CT molecular complexity index is 836. The number of carbonyl (C=O) groups is 2. The van der Waals surface area contributed by atoms with Gasteiger partial charge >= 0.3 is 6.03 Å². The number of fused-ring (bicyclic) bond motifs is 1. The summed E-state index contributed by atoms with van der Waals surface area (Å²) in [5, 5.41) is 5.02. The maximum Gasteiger partial charge on any atom is 0.317 e. The van der Waals surface area contributed by atoms with E-state index in [1.165, 1.54) is 0 Å². The number of amides is 3. The van der Waals surface area contributed by atoms with Gasteiger partial charge in [0, 0.05) is 15.8 Å². The van der Waals surface area contributed by atoms with E-state index in [0.717, 1.165) is 10.4 Å². The van der Waals surface area contributed by atoms with Crippen molar-refractivity contribution in [3.63, 3.8) is 0 Å². The molecule has 6 N–H and O–H groups in total. The Labute approximate surface area is 123 Å². The fourth-order valence-corrected chi connectivity index (χ4v) is 2.99. The second-order valence-electron chi connectivity index (χ2n) is 4.47. The number of anilines is 1. The molecule has 0 fully saturated rings. The Morgan fingerprint density at radius 3 is 2.62 bits per heavy atom. The quantitative estimate of drug-likeness (QED) is 0.595. The topological polar surface area (TPSA) is 114 Å². The van der Waals surface area contributed by atoms with Crippen molar-refractivity contribution in [2.24, 2.45) is 11.5 Å². The van der Waals surface area contributed by atoms with E-state index in [1.54, 1.807) is 17.4 Å². The molecule has 0 spiro atoms. The van der Waals surface area contributed by atoms with E-state index in [-0.39, 0.29) is 11.4 Å². The standard InChI is InChI=1S/C14H12N4O2S/c15-12(19)11-8-4-3-7(10-2-1-5-21-10)6-9(8)17-13(11)18-14(16)20/h1-6,17H,(H2,15,19)(H3,16,18,20). The van der Waals surface area contributed by atoms with Crippen molar-refractivity contribution in [2.45, 2.75) is 0 Å². The van der Waals surface area contributed by atoms with E-state index in [9.17, 15) is 9.59 Å². The summed E-state index contributed by atoms with van der Waals surface area (Å²) in [6, 6.07) is 8.82. The predicted octanol–water partition coefficient (Wildman–Crippen LogP) is 2.49. The van der Waals surface area contributed by atoms with Crippen LogP contribution in [0.5, 0.6) is 0 Å². The van der Waals surface area contributed by atoms with E-state index < -0.39 is 11.9 Å². The van der Waals surface area contributed by atoms with Gasteiger partial charge in [0.1, 0.15) is 5.82 Å². The van der Waals surface area contributed by atoms with Gasteiger partial charge in [-0.3, -0.25) is 10.1 Å². The molecule has 2 heterocycles. The average Bonchev–Trinajstić information content (AvgIpc) is 3.03. The first kappa shape index (κ1) is 13.2. The molecule has 7 heteroatoms. The molecule has 3 rings (SSSR count). The van der Waals surface area contributed by atoms with Crippen LogP contribution in [0.1, 0.15) is 10.4 Å². The van der Waals surface area contributed by atoms with Crippen LogP contribution in [0, 0.1) is 0 Å². The molecular weight excluding hydrogens is 288 g/mol. The van der Waals surface area contributed by atoms with Crippen LogP contribution < -0.4 is 16.8 Å². The van der Waals surface area contributed by atoms with Crippen molar-refractivity contribution in [3.05, 3.63) is 41.3 Å². The largest absolute Gasteiger partial charge is 0.365 e. The van der Waals surface area contributed by atoms with Crippen LogP contribution in [0.15, 0.2) is 35.7 Å². The summed E-state index contributed by atoms with van der Waals surface area (Å²) in [5.74, 6) is -0.415. The Morgan fingerprint density at radius 1 is 1.19 bits per heavy atom. The molecule has 0 saturated heterocycles. The summed E-state index contributed by atoms with van der Waals surface area (Å²) < 4.78 is 0. The van der Waals surface area contributed by atoms with E-state index in [4.69, 9.17) is 11.5 Å². The molecule has 0 unspecified atom stereocenters. The number of primary amides is 2. The Balaban J connectivity index is 2.18. The summed E-state index contributed by atoms with van der Waals surface area (Å²) in [4.78, 5) is 26.7. The molecule has 0 aliphatic rings. The second-order valence-corrected chi connectivity index (χ2v) is 5.41. The number of hydrogen-bond acceptors (Lipinski definition) is 3. The first-order chi connectivity index (χ1) is 10.1. The number of thiophene rings is 1. The summed E-state index contributed by atoms with van der Waals surface area (Å²) in [6.07, 6.45) is 0. The number of H-pyrrole nitrogens is 1. The fraction of sp³-hybridized carbons (Fsp3) is 0. The van der Waals surface area contributed by atoms with E-state index in [0.29, 0.717) is 10.9 Å². The van der Waals surface area contributed by atoms with Gasteiger partial charge in [-0.25, -0.2) is 4.79 Å². The van der Waals surface area contributed by atoms with Crippen LogP contribution in [0.3, 0.4) is 0 Å². The number of carbonyl (C=O) groups excluding carboxylic acids is 2. The van der Waals surface area contributed by atoms with Crippen molar-refractivity contribution < 1.29 is 9.59 Å². The number of hydrogen-bond donors (Lipinski definition) is 4. The zero-order chi connectivity index (χ0) is 15.0. The van der Waals surface area contributed by atoms with Gasteiger partial charge < -0.3 is 16.5 Å². The maximum atomic E-state index is 11.6. The molecule has 0 aliphatic carbocycles. The minimum atomic E-state index is -0.762. The number of aromatic nitrogens is 1. The molecule has 6 nitrogen and oxygen atoms in total. The Hall–Kier alpha value is -2.80. The Kier molecular flexibility index (Phi) is 3.11. The number of benzene rings is 1. The minimum Gasteiger partial charge on any atom is -0.365 e. The summed E-state index contributed by atoms with van der Waals surface area (Å²) >= 11 is 1.62. The van der Waals surface area contributed by atoms with Crippen LogP contribution in [0.4, 0.5) is 10.6 Å². The van der Waals surface area contributed by atoms with Crippen molar-refractivity contribution in [2.75, 3.05) is 5.32 Å². The normalized spacial score (nSPS) is 10.7. The molecule has 21 heavy (non-hydrogen) atoms. The second kappa shape index (κ2) is 4.95. The predicted molar refractivity (Wildman–Crippen MR) is 83.3 cm³/mol. The highest BCUT2D eigenvalue weighted by Crippen LogP contribution is 2.31. The fourth-order valence-electron chi connectivity index (χ4n) is 2.27. The highest BCUT2D eigenvalue weighted by Gasteiger charge is 2.17. The molecule has 0 saturated carbocycles. The lowest BCUT2D eigenvalue weighted by Crippen LogP contribution is -2.22. The van der Waals surface area contributed by atoms with Crippen LogP contribution in [-0.2, 0) is 0 Å². The highest BCUT2D eigenvalue weighted by molar-refractivity contribution is 7.13. The van der Waals surface area contributed by atoms with Crippen LogP contribution >= 0.6 is 11.3 Å². The molecule has 3 amide bonds. The third kappa shape index (κ3) is 2.34. The molecule has 0 atom stereocenters. The molecule has 0 aliphatic heterocycles. The molecule has 0 radical (unpaired) electrons. The van der Waals surface area contributed by atoms with E-state index in [2.05, 4.69) is 10.3 Å². The van der Waals surface area contributed by atoms with Gasteiger partial charge in [-0.05, 0) is 23.1 Å². The zero-order valence-corrected chi connectivity index (χ0v) is 11.7. The lowest BCUT2D eigenvalue weighted by atomic mass is 10.1. The van der Waals surface area contributed by atoms with Crippen LogP contribution in [-0.4, -0.2) is 16.9 Å². The third-order valence-corrected chi connectivity index (χ3v) is 4.02. The summed E-state index contributed by atoms with van der Waals surface area (Å²) in [7, 11) is 0. The molecule has 2 aromatic heterocycles. The van der Waals surface area contributed by atoms with E-state index >= 15 is 0 Å². The number of rotatable bonds is 3. The van der Waals surface area contributed by atoms with Gasteiger partial charge in [-0.15, -0.1) is 11.3 Å². The maximum absolute atomic E-state index is 11.6. The number of aromatic amines is 1. The zero-order valence-electron chi connectivity index (χ0n) is 10.8. The summed E-state index contributed by atoms with van der Waals surface area (Å²) in [6.45, 7) is 0. The first-order valence-electron chi connectivity index (χ1n) is 6.12. The van der Waals surface area contributed by atoms with Gasteiger partial charge in [-0.2, -0.15) is 0 Å². The Morgan fingerprint density at radius 2 is 2.00 bits per heavy atom. The van der Waals surface area contributed by atoms with Crippen LogP contribution in [0.25, 0.3) is 21.3 Å². The van der Waals surface area contributed by atoms with Gasteiger partial charge in [0.05, 0.1) is 5.56 Å². The lowest BCUT2D eigenvalue weighted by Gasteiger charge is -2.00. The molecule has 106 valence electrons. The number of urea groups is 1. The molecule has 0 bridgehead atoms. The monoisotopic (exact) mass is 300 g/mol. The molecule has 1 aromatic carbocycles. The first-order valence-corrected chi connectivity index (χ1v) is 7.00. The smallest absolute Gasteiger partial charge is 0.317 e. The number of nitrogens with two attached hydrogens (primary N) is 2. The van der Waals surface area contributed by atoms with Gasteiger partial charge in [0.2, 0.25) is 0 Å². The van der Waals surface area contributed by atoms with Crippen molar-refractivity contribution in [3.8, 4) is 10.4 Å². The van der Waals surface area contributed by atoms with Crippen molar-refractivity contribution >= 4 is 40.0 Å². The third-order valence-electron chi connectivity index (χ3n) is 3.10. The van der Waals surface area contributed by atoms with Crippen molar-refractivity contribution in [1.29, 1.82) is 0 Å². The average molecular weight is 300 g/mol. The van der Waals surface area contributed by atoms with Gasteiger partial charge in [0.15, 0.2) is 0 Å². The lowest BCUT2D eigenvalue weighted by molar-refractivity contribution is 0.100. The van der Waals surface area contributed by atoms with Crippen LogP contribution in [0.2, 0.25) is 0 Å². The molecular formula is C14H12N4O2S. The molecule has 3 aromatic rings. The van der Waals surface area contributed by atoms with Gasteiger partial charge in [-0.1, -0.05) is 18.2 Å². The number of nitrogens with one attached hydrogen (secondary N) is 2. The van der Waals surface area contributed by atoms with E-state index in [1.807, 2.05) is 29.6 Å². The minimum absolute atomic E-state index is 0.216. The van der Waals surface area contributed by atoms with Gasteiger partial charge in [0.25, 0.3) is 5.91 Å². The highest BCUT2D eigenvalue weighted by atomic mass is 32.1. The SMILES string of the molecule is NC(=O)Nc1[nH]c2cc(-c3cccs3)ccc2c1C(N)=O. The summed E-state index contributed by atoms with van der Waals surface area (Å²) in [5.41, 5.74) is 12.4.